The number of H-pyrrole nitrogens is 1. The molecule has 10 nitrogen and oxygen atoms in total. The molecule has 4 heterocycles. The van der Waals surface area contributed by atoms with Crippen molar-refractivity contribution < 1.29 is 19.0 Å². The van der Waals surface area contributed by atoms with Gasteiger partial charge in [0.15, 0.2) is 11.5 Å². The van der Waals surface area contributed by atoms with Gasteiger partial charge in [0.05, 0.1) is 34.9 Å². The number of nitrogens with one attached hydrogen (secondary N) is 3. The Morgan fingerprint density at radius 2 is 1.81 bits per heavy atom. The lowest BCUT2D eigenvalue weighted by Gasteiger charge is -2.29. The van der Waals surface area contributed by atoms with Gasteiger partial charge in [-0.3, -0.25) is 4.79 Å². The average molecular weight is 513 g/mol. The molecule has 2 aliphatic heterocycles. The monoisotopic (exact) mass is 512 g/mol. The van der Waals surface area contributed by atoms with Gasteiger partial charge in [-0.1, -0.05) is 30.9 Å². The van der Waals surface area contributed by atoms with Crippen LogP contribution < -0.4 is 20.1 Å². The fourth-order valence-electron chi connectivity index (χ4n) is 5.06. The first-order chi connectivity index (χ1) is 17.7. The van der Waals surface area contributed by atoms with Crippen molar-refractivity contribution in [1.82, 2.24) is 19.9 Å². The number of ether oxygens (including phenoxy) is 3. The van der Waals surface area contributed by atoms with E-state index in [0.29, 0.717) is 90.7 Å². The van der Waals surface area contributed by atoms with Crippen LogP contribution in [0, 0.1) is 0 Å². The molecule has 3 aliphatic rings. The number of aromatic nitrogens is 3. The Hall–Kier alpha value is -3.24. The molecule has 0 radical (unpaired) electrons. The third-order valence-electron chi connectivity index (χ3n) is 6.89. The van der Waals surface area contributed by atoms with Crippen LogP contribution in [0.2, 0.25) is 5.02 Å². The molecule has 3 N–H and O–H groups in total. The van der Waals surface area contributed by atoms with Crippen molar-refractivity contribution >= 4 is 46.0 Å². The summed E-state index contributed by atoms with van der Waals surface area (Å²) in [5.41, 5.74) is 1.74. The molecular weight excluding hydrogens is 484 g/mol. The summed E-state index contributed by atoms with van der Waals surface area (Å²) in [5, 5.41) is 8.23. The minimum Gasteiger partial charge on any atom is -0.485 e. The van der Waals surface area contributed by atoms with Gasteiger partial charge in [-0.25, -0.2) is 0 Å². The van der Waals surface area contributed by atoms with Crippen molar-refractivity contribution in [3.05, 3.63) is 28.9 Å². The van der Waals surface area contributed by atoms with Crippen LogP contribution in [0.4, 0.5) is 17.5 Å². The molecule has 3 aromatic rings. The highest BCUT2D eigenvalue weighted by Gasteiger charge is 2.28. The molecule has 1 saturated carbocycles. The van der Waals surface area contributed by atoms with Gasteiger partial charge in [-0.2, -0.15) is 9.97 Å². The summed E-state index contributed by atoms with van der Waals surface area (Å²) in [6.07, 6.45) is 7.61. The van der Waals surface area contributed by atoms with Crippen LogP contribution in [0.25, 0.3) is 11.0 Å². The van der Waals surface area contributed by atoms with Crippen LogP contribution in [0.1, 0.15) is 42.5 Å². The first kappa shape index (κ1) is 23.2. The Labute approximate surface area is 213 Å². The maximum absolute atomic E-state index is 13.2. The first-order valence-electron chi connectivity index (χ1n) is 12.5. The predicted octanol–water partition coefficient (Wildman–Crippen LogP) is 4.34. The summed E-state index contributed by atoms with van der Waals surface area (Å²) in [5.74, 6) is 1.92. The van der Waals surface area contributed by atoms with Crippen LogP contribution in [0.5, 0.6) is 11.5 Å². The van der Waals surface area contributed by atoms with Crippen LogP contribution in [-0.2, 0) is 4.74 Å². The van der Waals surface area contributed by atoms with E-state index < -0.39 is 0 Å². The predicted molar refractivity (Wildman–Crippen MR) is 137 cm³/mol. The zero-order valence-corrected chi connectivity index (χ0v) is 20.7. The fourth-order valence-corrected chi connectivity index (χ4v) is 5.29. The molecule has 36 heavy (non-hydrogen) atoms. The molecule has 6 rings (SSSR count). The minimum absolute atomic E-state index is 0.0933. The second-order valence-electron chi connectivity index (χ2n) is 9.28. The second-order valence-corrected chi connectivity index (χ2v) is 9.69. The number of benzene rings is 1. The number of rotatable bonds is 5. The molecule has 11 heteroatoms. The molecular formula is C25H29ClN6O4. The fraction of sp³-hybridized carbons (Fsp3) is 0.480. The highest BCUT2D eigenvalue weighted by molar-refractivity contribution is 6.36. The van der Waals surface area contributed by atoms with Crippen molar-refractivity contribution in [3.8, 4) is 11.5 Å². The van der Waals surface area contributed by atoms with E-state index in [1.807, 2.05) is 6.07 Å². The van der Waals surface area contributed by atoms with E-state index in [9.17, 15) is 4.79 Å². The van der Waals surface area contributed by atoms with E-state index in [1.165, 1.54) is 19.3 Å². The zero-order valence-electron chi connectivity index (χ0n) is 19.9. The van der Waals surface area contributed by atoms with E-state index in [2.05, 4.69) is 20.6 Å². The minimum atomic E-state index is -0.0933. The van der Waals surface area contributed by atoms with Gasteiger partial charge in [0.1, 0.15) is 24.7 Å². The Balaban J connectivity index is 1.32. The van der Waals surface area contributed by atoms with E-state index in [-0.39, 0.29) is 5.91 Å². The Bertz CT molecular complexity index is 1270. The number of morpholine rings is 1. The molecule has 0 spiro atoms. The van der Waals surface area contributed by atoms with Crippen LogP contribution in [0.3, 0.4) is 0 Å². The Morgan fingerprint density at radius 3 is 2.61 bits per heavy atom. The topological polar surface area (TPSA) is 114 Å². The number of anilines is 3. The van der Waals surface area contributed by atoms with E-state index in [4.69, 9.17) is 30.8 Å². The molecule has 1 saturated heterocycles. The molecule has 0 atom stereocenters. The summed E-state index contributed by atoms with van der Waals surface area (Å²) < 4.78 is 17.3. The van der Waals surface area contributed by atoms with Crippen molar-refractivity contribution in [3.63, 3.8) is 0 Å². The van der Waals surface area contributed by atoms with Crippen molar-refractivity contribution in [2.24, 2.45) is 0 Å². The third kappa shape index (κ3) is 4.51. The molecule has 1 amide bonds. The number of aromatic amines is 1. The average Bonchev–Trinajstić information content (AvgIpc) is 3.30. The van der Waals surface area contributed by atoms with Gasteiger partial charge in [-0.15, -0.1) is 0 Å². The maximum atomic E-state index is 13.2. The Morgan fingerprint density at radius 1 is 1.03 bits per heavy atom. The van der Waals surface area contributed by atoms with Gasteiger partial charge in [-0.05, 0) is 25.0 Å². The van der Waals surface area contributed by atoms with Crippen molar-refractivity contribution in [1.29, 1.82) is 0 Å². The van der Waals surface area contributed by atoms with Gasteiger partial charge in [0.25, 0.3) is 5.91 Å². The van der Waals surface area contributed by atoms with Crippen molar-refractivity contribution in [2.75, 3.05) is 50.2 Å². The quantitative estimate of drug-likeness (QED) is 0.462. The molecule has 0 bridgehead atoms. The smallest absolute Gasteiger partial charge is 0.257 e. The summed E-state index contributed by atoms with van der Waals surface area (Å²) in [6.45, 7) is 2.93. The van der Waals surface area contributed by atoms with E-state index in [1.54, 1.807) is 17.2 Å². The molecule has 190 valence electrons. The third-order valence-corrected chi connectivity index (χ3v) is 7.19. The molecule has 2 fully saturated rings. The highest BCUT2D eigenvalue weighted by Crippen LogP contribution is 2.42. The van der Waals surface area contributed by atoms with E-state index in [0.717, 1.165) is 18.2 Å². The van der Waals surface area contributed by atoms with Crippen LogP contribution in [-0.4, -0.2) is 71.3 Å². The van der Waals surface area contributed by atoms with Crippen LogP contribution >= 0.6 is 11.6 Å². The van der Waals surface area contributed by atoms with Gasteiger partial charge >= 0.3 is 0 Å². The standard InChI is InChI=1S/C25H29ClN6O4/c26-17-14-27-22-19(17)23(28-15-4-2-1-3-5-15)31-25(30-22)29-18-7-6-16(20-21(18)36-13-12-35-20)24(33)32-8-10-34-11-9-32/h6-7,14-15H,1-5,8-13H2,(H3,27,28,29,30,31). The number of halogens is 1. The lowest BCUT2D eigenvalue weighted by atomic mass is 9.95. The number of carbonyl (C=O) groups excluding carboxylic acids is 1. The van der Waals surface area contributed by atoms with Gasteiger partial charge < -0.3 is 34.7 Å². The lowest BCUT2D eigenvalue weighted by Crippen LogP contribution is -2.41. The number of hydrogen-bond acceptors (Lipinski definition) is 8. The first-order valence-corrected chi connectivity index (χ1v) is 12.9. The normalized spacial score (nSPS) is 18.3. The molecule has 1 aromatic carbocycles. The van der Waals surface area contributed by atoms with Gasteiger partial charge in [0, 0.05) is 25.3 Å². The largest absolute Gasteiger partial charge is 0.485 e. The number of hydrogen-bond donors (Lipinski definition) is 3. The van der Waals surface area contributed by atoms with E-state index >= 15 is 0 Å². The van der Waals surface area contributed by atoms with Crippen molar-refractivity contribution in [2.45, 2.75) is 38.1 Å². The summed E-state index contributed by atoms with van der Waals surface area (Å²) in [6, 6.07) is 3.93. The summed E-state index contributed by atoms with van der Waals surface area (Å²) in [7, 11) is 0. The lowest BCUT2D eigenvalue weighted by molar-refractivity contribution is 0.0298. The highest BCUT2D eigenvalue weighted by atomic mass is 35.5. The number of nitrogens with zero attached hydrogens (tertiary/aromatic N) is 3. The second kappa shape index (κ2) is 10.0. The van der Waals surface area contributed by atoms with Gasteiger partial charge in [0.2, 0.25) is 5.95 Å². The molecule has 0 unspecified atom stereocenters. The van der Waals surface area contributed by atoms with Crippen LogP contribution in [0.15, 0.2) is 18.3 Å². The SMILES string of the molecule is O=C(c1ccc(Nc2nc(NC3CCCCC3)c3c(Cl)c[nH]c3n2)c2c1OCCO2)N1CCOCC1. The summed E-state index contributed by atoms with van der Waals surface area (Å²) >= 11 is 6.46. The summed E-state index contributed by atoms with van der Waals surface area (Å²) in [4.78, 5) is 27.5. The molecule has 1 aliphatic carbocycles. The maximum Gasteiger partial charge on any atom is 0.257 e. The zero-order chi connectivity index (χ0) is 24.5. The number of amides is 1. The Kier molecular flexibility index (Phi) is 6.45. The number of fused-ring (bicyclic) bond motifs is 2. The number of carbonyl (C=O) groups is 1. The molecule has 2 aromatic heterocycles.